The van der Waals surface area contributed by atoms with Gasteiger partial charge in [0.2, 0.25) is 0 Å². The molecule has 1 unspecified atom stereocenters. The zero-order chi connectivity index (χ0) is 19.2. The van der Waals surface area contributed by atoms with Crippen molar-refractivity contribution in [3.05, 3.63) is 52.4 Å². The number of carbonyl (C=O) groups is 1. The highest BCUT2D eigenvalue weighted by atomic mass is 16.5. The molecule has 1 aromatic heterocycles. The molecule has 0 radical (unpaired) electrons. The molecule has 6 nitrogen and oxygen atoms in total. The molecule has 6 heteroatoms. The van der Waals surface area contributed by atoms with E-state index in [1.54, 1.807) is 26.0 Å². The Morgan fingerprint density at radius 1 is 1.31 bits per heavy atom. The molecular weight excluding hydrogens is 336 g/mol. The molecule has 0 saturated carbocycles. The molecule has 2 rings (SSSR count). The number of benzene rings is 1. The van der Waals surface area contributed by atoms with Crippen molar-refractivity contribution in [2.24, 2.45) is 0 Å². The summed E-state index contributed by atoms with van der Waals surface area (Å²) in [6, 6.07) is 8.41. The standard InChI is InChI=1S/C20H24O6/c1-14(4-8-18(25-13-21)20(2,3)23)10-11-24-16-7-5-15-6-9-19(22)26-17(15)12-16/h5-7,9-10,12-13,18,23H,4,8,11H2,1-3H3/b14-10+. The zero-order valence-corrected chi connectivity index (χ0v) is 15.2. The maximum atomic E-state index is 11.3. The van der Waals surface area contributed by atoms with Crippen LogP contribution in [0.1, 0.15) is 33.6 Å². The summed E-state index contributed by atoms with van der Waals surface area (Å²) in [6.45, 7) is 5.90. The van der Waals surface area contributed by atoms with E-state index in [2.05, 4.69) is 0 Å². The van der Waals surface area contributed by atoms with Crippen LogP contribution in [0, 0.1) is 0 Å². The third kappa shape index (κ3) is 5.74. The summed E-state index contributed by atoms with van der Waals surface area (Å²) < 4.78 is 15.8. The van der Waals surface area contributed by atoms with Gasteiger partial charge in [0, 0.05) is 17.5 Å². The number of carbonyl (C=O) groups excluding carboxylic acids is 1. The van der Waals surface area contributed by atoms with E-state index in [0.717, 1.165) is 11.0 Å². The van der Waals surface area contributed by atoms with Crippen molar-refractivity contribution in [1.29, 1.82) is 0 Å². The van der Waals surface area contributed by atoms with Crippen molar-refractivity contribution in [2.45, 2.75) is 45.3 Å². The lowest BCUT2D eigenvalue weighted by atomic mass is 9.95. The van der Waals surface area contributed by atoms with E-state index < -0.39 is 17.3 Å². The second kappa shape index (κ2) is 8.67. The van der Waals surface area contributed by atoms with E-state index in [4.69, 9.17) is 13.9 Å². The highest BCUT2D eigenvalue weighted by molar-refractivity contribution is 5.77. The van der Waals surface area contributed by atoms with Gasteiger partial charge in [0.15, 0.2) is 0 Å². The van der Waals surface area contributed by atoms with Crippen molar-refractivity contribution in [1.82, 2.24) is 0 Å². The smallest absolute Gasteiger partial charge is 0.336 e. The maximum absolute atomic E-state index is 11.3. The van der Waals surface area contributed by atoms with Gasteiger partial charge in [0.05, 0.1) is 5.60 Å². The van der Waals surface area contributed by atoms with Gasteiger partial charge in [-0.2, -0.15) is 0 Å². The summed E-state index contributed by atoms with van der Waals surface area (Å²) in [7, 11) is 0. The predicted molar refractivity (Wildman–Crippen MR) is 98.2 cm³/mol. The predicted octanol–water partition coefficient (Wildman–Crippen LogP) is 3.21. The molecule has 0 aliphatic carbocycles. The van der Waals surface area contributed by atoms with Gasteiger partial charge in [-0.3, -0.25) is 4.79 Å². The van der Waals surface area contributed by atoms with Crippen LogP contribution >= 0.6 is 0 Å². The van der Waals surface area contributed by atoms with Gasteiger partial charge in [-0.25, -0.2) is 4.79 Å². The van der Waals surface area contributed by atoms with Crippen LogP contribution in [-0.4, -0.2) is 29.9 Å². The minimum atomic E-state index is -1.09. The average molecular weight is 360 g/mol. The first-order valence-electron chi connectivity index (χ1n) is 8.43. The van der Waals surface area contributed by atoms with Crippen molar-refractivity contribution in [3.63, 3.8) is 0 Å². The highest BCUT2D eigenvalue weighted by Crippen LogP contribution is 2.21. The Hall–Kier alpha value is -2.60. The third-order valence-electron chi connectivity index (χ3n) is 4.08. The highest BCUT2D eigenvalue weighted by Gasteiger charge is 2.27. The number of rotatable bonds is 9. The van der Waals surface area contributed by atoms with Crippen LogP contribution in [-0.2, 0) is 9.53 Å². The van der Waals surface area contributed by atoms with Crippen molar-refractivity contribution in [3.8, 4) is 5.75 Å². The van der Waals surface area contributed by atoms with Crippen LogP contribution < -0.4 is 10.4 Å². The minimum absolute atomic E-state index is 0.357. The molecule has 26 heavy (non-hydrogen) atoms. The first kappa shape index (κ1) is 19.7. The first-order chi connectivity index (χ1) is 12.3. The van der Waals surface area contributed by atoms with E-state index in [1.807, 2.05) is 25.1 Å². The fourth-order valence-electron chi connectivity index (χ4n) is 2.53. The number of aliphatic hydroxyl groups is 1. The topological polar surface area (TPSA) is 86.0 Å². The second-order valence-corrected chi connectivity index (χ2v) is 6.73. The van der Waals surface area contributed by atoms with Gasteiger partial charge < -0.3 is 19.0 Å². The quantitative estimate of drug-likeness (QED) is 0.420. The Morgan fingerprint density at radius 3 is 2.73 bits per heavy atom. The Morgan fingerprint density at radius 2 is 2.04 bits per heavy atom. The SMILES string of the molecule is C/C(=C\COc1ccc2ccc(=O)oc2c1)CCC(OC=O)C(C)(C)O. The van der Waals surface area contributed by atoms with E-state index >= 15 is 0 Å². The molecule has 0 saturated heterocycles. The lowest BCUT2D eigenvalue weighted by Crippen LogP contribution is -2.38. The van der Waals surface area contributed by atoms with E-state index in [9.17, 15) is 14.7 Å². The van der Waals surface area contributed by atoms with Gasteiger partial charge in [-0.05, 0) is 57.9 Å². The van der Waals surface area contributed by atoms with Gasteiger partial charge in [0.1, 0.15) is 24.0 Å². The van der Waals surface area contributed by atoms with E-state index in [-0.39, 0.29) is 0 Å². The summed E-state index contributed by atoms with van der Waals surface area (Å²) >= 11 is 0. The van der Waals surface area contributed by atoms with Gasteiger partial charge in [-0.1, -0.05) is 5.57 Å². The third-order valence-corrected chi connectivity index (χ3v) is 4.08. The van der Waals surface area contributed by atoms with E-state index in [0.29, 0.717) is 37.3 Å². The minimum Gasteiger partial charge on any atom is -0.489 e. The maximum Gasteiger partial charge on any atom is 0.336 e. The van der Waals surface area contributed by atoms with Gasteiger partial charge in [-0.15, -0.1) is 0 Å². The molecule has 0 aliphatic rings. The van der Waals surface area contributed by atoms with E-state index in [1.165, 1.54) is 6.07 Å². The molecule has 1 N–H and O–H groups in total. The molecular formula is C20H24O6. The van der Waals surface area contributed by atoms with Gasteiger partial charge >= 0.3 is 5.63 Å². The summed E-state index contributed by atoms with van der Waals surface area (Å²) in [5, 5.41) is 10.8. The largest absolute Gasteiger partial charge is 0.489 e. The molecule has 0 aliphatic heterocycles. The number of fused-ring (bicyclic) bond motifs is 1. The van der Waals surface area contributed by atoms with Crippen molar-refractivity contribution in [2.75, 3.05) is 6.61 Å². The summed E-state index contributed by atoms with van der Waals surface area (Å²) in [4.78, 5) is 21.8. The average Bonchev–Trinajstić information content (AvgIpc) is 2.57. The van der Waals surface area contributed by atoms with Crippen LogP contribution in [0.3, 0.4) is 0 Å². The molecule has 1 atom stereocenters. The number of hydrogen-bond acceptors (Lipinski definition) is 6. The lowest BCUT2D eigenvalue weighted by molar-refractivity contribution is -0.147. The Balaban J connectivity index is 1.91. The molecule has 1 heterocycles. The fourth-order valence-corrected chi connectivity index (χ4v) is 2.53. The lowest BCUT2D eigenvalue weighted by Gasteiger charge is -2.27. The monoisotopic (exact) mass is 360 g/mol. The van der Waals surface area contributed by atoms with Crippen LogP contribution in [0.15, 0.2) is 51.2 Å². The molecule has 1 aromatic carbocycles. The molecule has 140 valence electrons. The Kier molecular flexibility index (Phi) is 6.58. The van der Waals surface area contributed by atoms with Gasteiger partial charge in [0.25, 0.3) is 6.47 Å². The normalized spacial score (nSPS) is 13.5. The molecule has 0 bridgehead atoms. The molecule has 2 aromatic rings. The van der Waals surface area contributed by atoms with Crippen LogP contribution in [0.5, 0.6) is 5.75 Å². The van der Waals surface area contributed by atoms with Crippen molar-refractivity contribution < 1.29 is 23.8 Å². The summed E-state index contributed by atoms with van der Waals surface area (Å²) in [6.07, 6.45) is 2.55. The Labute approximate surface area is 152 Å². The summed E-state index contributed by atoms with van der Waals surface area (Å²) in [5.74, 6) is 0.606. The Bertz CT molecular complexity index is 828. The second-order valence-electron chi connectivity index (χ2n) is 6.73. The first-order valence-corrected chi connectivity index (χ1v) is 8.43. The molecule has 0 amide bonds. The van der Waals surface area contributed by atoms with Crippen LogP contribution in [0.25, 0.3) is 11.0 Å². The number of allylic oxidation sites excluding steroid dienone is 1. The molecule has 0 fully saturated rings. The number of hydrogen-bond donors (Lipinski definition) is 1. The number of ether oxygens (including phenoxy) is 2. The zero-order valence-electron chi connectivity index (χ0n) is 15.2. The van der Waals surface area contributed by atoms with Crippen molar-refractivity contribution >= 4 is 17.4 Å². The summed E-state index contributed by atoms with van der Waals surface area (Å²) in [5.41, 5.74) is 0.0484. The molecule has 0 spiro atoms. The van der Waals surface area contributed by atoms with Crippen LogP contribution in [0.2, 0.25) is 0 Å². The van der Waals surface area contributed by atoms with Crippen LogP contribution in [0.4, 0.5) is 0 Å². The fraction of sp³-hybridized carbons (Fsp3) is 0.400.